The quantitative estimate of drug-likeness (QED) is 0.0344. The Morgan fingerprint density at radius 3 is 0.705 bits per heavy atom. The first kappa shape index (κ1) is 59.4. The first-order valence-electron chi connectivity index (χ1n) is 27.1. The minimum Gasteiger partial charge on any atom is -0.462 e. The number of esters is 3. The van der Waals surface area contributed by atoms with Gasteiger partial charge in [0.1, 0.15) is 13.2 Å². The molecule has 0 radical (unpaired) electrons. The highest BCUT2D eigenvalue weighted by atomic mass is 16.6. The highest BCUT2D eigenvalue weighted by molar-refractivity contribution is 5.71. The van der Waals surface area contributed by atoms with Crippen LogP contribution in [-0.2, 0) is 28.6 Å². The van der Waals surface area contributed by atoms with Crippen molar-refractivity contribution in [2.45, 2.75) is 304 Å². The molecule has 0 rings (SSSR count). The van der Waals surface area contributed by atoms with Crippen LogP contribution in [0.5, 0.6) is 0 Å². The second-order valence-corrected chi connectivity index (χ2v) is 20.3. The zero-order valence-corrected chi connectivity index (χ0v) is 42.0. The third kappa shape index (κ3) is 49.3. The van der Waals surface area contributed by atoms with Gasteiger partial charge in [0.2, 0.25) is 0 Å². The Bertz CT molecular complexity index is 945. The molecule has 0 unspecified atom stereocenters. The number of rotatable bonds is 48. The minimum absolute atomic E-state index is 0.0644. The number of unbranched alkanes of at least 4 members (excludes halogenated alkanes) is 31. The molecule has 0 spiro atoms. The van der Waals surface area contributed by atoms with Gasteiger partial charge < -0.3 is 14.2 Å². The Morgan fingerprint density at radius 2 is 0.475 bits per heavy atom. The summed E-state index contributed by atoms with van der Waals surface area (Å²) < 4.78 is 16.8. The van der Waals surface area contributed by atoms with Gasteiger partial charge in [0.25, 0.3) is 0 Å². The van der Waals surface area contributed by atoms with E-state index in [0.717, 1.165) is 75.5 Å². The Morgan fingerprint density at radius 1 is 0.279 bits per heavy atom. The zero-order valence-electron chi connectivity index (χ0n) is 42.0. The second kappa shape index (κ2) is 46.4. The first-order valence-corrected chi connectivity index (χ1v) is 27.1. The lowest BCUT2D eigenvalue weighted by molar-refractivity contribution is -0.167. The molecule has 61 heavy (non-hydrogen) atoms. The van der Waals surface area contributed by atoms with Crippen LogP contribution in [0.25, 0.3) is 0 Å². The molecule has 0 aliphatic carbocycles. The van der Waals surface area contributed by atoms with Crippen LogP contribution in [0.2, 0.25) is 0 Å². The summed E-state index contributed by atoms with van der Waals surface area (Å²) in [6, 6.07) is 0. The van der Waals surface area contributed by atoms with Gasteiger partial charge in [-0.05, 0) is 37.0 Å². The third-order valence-electron chi connectivity index (χ3n) is 12.4. The van der Waals surface area contributed by atoms with E-state index < -0.39 is 6.10 Å². The van der Waals surface area contributed by atoms with Crippen LogP contribution in [0.4, 0.5) is 0 Å². The number of carbonyl (C=O) groups is 3. The topological polar surface area (TPSA) is 78.9 Å². The molecule has 362 valence electrons. The number of hydrogen-bond donors (Lipinski definition) is 0. The van der Waals surface area contributed by atoms with Crippen molar-refractivity contribution < 1.29 is 28.6 Å². The maximum atomic E-state index is 12.8. The fourth-order valence-electron chi connectivity index (χ4n) is 8.29. The van der Waals surface area contributed by atoms with Crippen molar-refractivity contribution in [2.75, 3.05) is 13.2 Å². The van der Waals surface area contributed by atoms with E-state index in [2.05, 4.69) is 41.5 Å². The van der Waals surface area contributed by atoms with Crippen molar-refractivity contribution in [1.82, 2.24) is 0 Å². The summed E-state index contributed by atoms with van der Waals surface area (Å²) in [6.45, 7) is 13.7. The number of hydrogen-bond acceptors (Lipinski definition) is 6. The van der Waals surface area contributed by atoms with Crippen molar-refractivity contribution in [3.63, 3.8) is 0 Å². The predicted molar refractivity (Wildman–Crippen MR) is 261 cm³/mol. The van der Waals surface area contributed by atoms with Gasteiger partial charge in [-0.2, -0.15) is 0 Å². The molecule has 0 aromatic heterocycles. The van der Waals surface area contributed by atoms with Gasteiger partial charge in [0.15, 0.2) is 6.10 Å². The van der Waals surface area contributed by atoms with Crippen LogP contribution in [-0.4, -0.2) is 37.2 Å². The Labute approximate surface area is 380 Å². The third-order valence-corrected chi connectivity index (χ3v) is 12.4. The van der Waals surface area contributed by atoms with Crippen molar-refractivity contribution >= 4 is 17.9 Å². The van der Waals surface area contributed by atoms with Gasteiger partial charge in [-0.15, -0.1) is 0 Å². The van der Waals surface area contributed by atoms with Crippen molar-refractivity contribution in [3.05, 3.63) is 0 Å². The van der Waals surface area contributed by atoms with Crippen LogP contribution >= 0.6 is 0 Å². The molecule has 0 fully saturated rings. The van der Waals surface area contributed by atoms with Gasteiger partial charge in [0.05, 0.1) is 0 Å². The van der Waals surface area contributed by atoms with Gasteiger partial charge >= 0.3 is 17.9 Å². The Balaban J connectivity index is 4.30. The summed E-state index contributed by atoms with van der Waals surface area (Å²) >= 11 is 0. The fourth-order valence-corrected chi connectivity index (χ4v) is 8.29. The molecule has 0 saturated carbocycles. The molecular formula is C55H106O6. The lowest BCUT2D eigenvalue weighted by atomic mass is 10.0. The van der Waals surface area contributed by atoms with Crippen molar-refractivity contribution in [2.24, 2.45) is 17.8 Å². The van der Waals surface area contributed by atoms with Crippen LogP contribution in [0, 0.1) is 17.8 Å². The van der Waals surface area contributed by atoms with Crippen LogP contribution in [0.15, 0.2) is 0 Å². The number of ether oxygens (including phenoxy) is 3. The standard InChI is InChI=1S/C55H106O6/c1-49(2)41-35-29-23-17-13-9-7-8-10-16-20-28-34-40-46-55(58)61-52(48-60-54(57)45-39-33-27-22-21-25-31-37-43-51(5)6)47-59-53(56)44-38-32-26-19-15-12-11-14-18-24-30-36-42-50(3)4/h49-52H,7-48H2,1-6H3/t52-/m1/s1. The van der Waals surface area contributed by atoms with Crippen LogP contribution in [0.1, 0.15) is 298 Å². The van der Waals surface area contributed by atoms with Gasteiger partial charge in [-0.1, -0.05) is 260 Å². The first-order chi connectivity index (χ1) is 29.6. The normalized spacial score (nSPS) is 12.1. The largest absolute Gasteiger partial charge is 0.462 e. The Kier molecular flexibility index (Phi) is 45.2. The minimum atomic E-state index is -0.763. The Hall–Kier alpha value is -1.59. The van der Waals surface area contributed by atoms with E-state index in [9.17, 15) is 14.4 Å². The van der Waals surface area contributed by atoms with E-state index in [-0.39, 0.29) is 31.1 Å². The van der Waals surface area contributed by atoms with E-state index in [1.807, 2.05) is 0 Å². The average Bonchev–Trinajstić information content (AvgIpc) is 3.22. The maximum absolute atomic E-state index is 12.8. The summed E-state index contributed by atoms with van der Waals surface area (Å²) in [4.78, 5) is 38.0. The summed E-state index contributed by atoms with van der Waals surface area (Å²) in [5, 5.41) is 0. The SMILES string of the molecule is CC(C)CCCCCCCCCCCCCCCCC(=O)O[C@H](COC(=O)CCCCCCCCCCCCCCC(C)C)COC(=O)CCCCCCCCCCC(C)C. The molecule has 6 heteroatoms. The smallest absolute Gasteiger partial charge is 0.306 e. The molecule has 0 aromatic carbocycles. The van der Waals surface area contributed by atoms with Crippen LogP contribution in [0.3, 0.4) is 0 Å². The molecule has 0 heterocycles. The molecule has 6 nitrogen and oxygen atoms in total. The monoisotopic (exact) mass is 863 g/mol. The van der Waals surface area contributed by atoms with Gasteiger partial charge in [-0.25, -0.2) is 0 Å². The number of carbonyl (C=O) groups excluding carboxylic acids is 3. The molecule has 0 aromatic rings. The summed E-state index contributed by atoms with van der Waals surface area (Å²) in [5.41, 5.74) is 0. The fraction of sp³-hybridized carbons (Fsp3) is 0.945. The summed E-state index contributed by atoms with van der Waals surface area (Å²) in [5.74, 6) is 1.62. The second-order valence-electron chi connectivity index (χ2n) is 20.3. The van der Waals surface area contributed by atoms with E-state index in [4.69, 9.17) is 14.2 Å². The van der Waals surface area contributed by atoms with Crippen molar-refractivity contribution in [1.29, 1.82) is 0 Å². The average molecular weight is 863 g/mol. The van der Waals surface area contributed by atoms with Gasteiger partial charge in [0, 0.05) is 19.3 Å². The van der Waals surface area contributed by atoms with E-state index in [1.165, 1.54) is 180 Å². The molecule has 1 atom stereocenters. The van der Waals surface area contributed by atoms with E-state index >= 15 is 0 Å². The highest BCUT2D eigenvalue weighted by Crippen LogP contribution is 2.18. The lowest BCUT2D eigenvalue weighted by Gasteiger charge is -2.18. The highest BCUT2D eigenvalue weighted by Gasteiger charge is 2.19. The van der Waals surface area contributed by atoms with Crippen molar-refractivity contribution in [3.8, 4) is 0 Å². The van der Waals surface area contributed by atoms with E-state index in [0.29, 0.717) is 19.3 Å². The molecular weight excluding hydrogens is 757 g/mol. The van der Waals surface area contributed by atoms with E-state index in [1.54, 1.807) is 0 Å². The molecule has 0 amide bonds. The van der Waals surface area contributed by atoms with Crippen LogP contribution < -0.4 is 0 Å². The zero-order chi connectivity index (χ0) is 44.9. The molecule has 0 bridgehead atoms. The molecule has 0 aliphatic heterocycles. The molecule has 0 saturated heterocycles. The maximum Gasteiger partial charge on any atom is 0.306 e. The lowest BCUT2D eigenvalue weighted by Crippen LogP contribution is -2.30. The van der Waals surface area contributed by atoms with Gasteiger partial charge in [-0.3, -0.25) is 14.4 Å². The molecule has 0 N–H and O–H groups in total. The summed E-state index contributed by atoms with van der Waals surface area (Å²) in [7, 11) is 0. The predicted octanol–water partition coefficient (Wildman–Crippen LogP) is 17.6. The summed E-state index contributed by atoms with van der Waals surface area (Å²) in [6.07, 6.45) is 46.7. The molecule has 0 aliphatic rings.